The molecule has 0 radical (unpaired) electrons. The van der Waals surface area contributed by atoms with Crippen molar-refractivity contribution in [2.75, 3.05) is 0 Å². The normalized spacial score (nSPS) is 11.8. The lowest BCUT2D eigenvalue weighted by Crippen LogP contribution is -2.11. The Morgan fingerprint density at radius 1 is 1.19 bits per heavy atom. The van der Waals surface area contributed by atoms with Crippen LogP contribution in [0.2, 0.25) is 0 Å². The summed E-state index contributed by atoms with van der Waals surface area (Å²) in [6, 6.07) is 7.89. The topological polar surface area (TPSA) is 108 Å². The molecule has 0 fully saturated rings. The molecule has 2 aromatic carbocycles. The van der Waals surface area contributed by atoms with Crippen molar-refractivity contribution in [1.82, 2.24) is 10.2 Å². The zero-order chi connectivity index (χ0) is 19.6. The van der Waals surface area contributed by atoms with E-state index in [2.05, 4.69) is 10.2 Å². The van der Waals surface area contributed by atoms with E-state index in [1.165, 1.54) is 31.2 Å². The second kappa shape index (κ2) is 7.28. The Labute approximate surface area is 150 Å². The summed E-state index contributed by atoms with van der Waals surface area (Å²) < 4.78 is 37.0. The van der Waals surface area contributed by atoms with Crippen molar-refractivity contribution in [2.24, 2.45) is 0 Å². The van der Waals surface area contributed by atoms with Gasteiger partial charge < -0.3 is 9.15 Å². The molecule has 3 aromatic rings. The van der Waals surface area contributed by atoms with Crippen LogP contribution in [0.1, 0.15) is 29.3 Å². The summed E-state index contributed by atoms with van der Waals surface area (Å²) in [6.45, 7) is 1.44. The number of rotatable bonds is 5. The second-order valence-electron chi connectivity index (χ2n) is 5.42. The first-order valence-corrected chi connectivity index (χ1v) is 7.59. The standard InChI is InChI=1S/C17H11F2N3O5/c1-9(26-17(23)13-7-4-11(18)8-14(13)19)15-20-21-16(27-15)10-2-5-12(6-3-10)22(24)25/h2-9H,1H3/t9-/m0/s1. The van der Waals surface area contributed by atoms with E-state index in [0.29, 0.717) is 11.6 Å². The molecular weight excluding hydrogens is 364 g/mol. The van der Waals surface area contributed by atoms with Gasteiger partial charge in [-0.1, -0.05) is 0 Å². The summed E-state index contributed by atoms with van der Waals surface area (Å²) in [5, 5.41) is 18.2. The molecule has 0 spiro atoms. The molecule has 8 nitrogen and oxygen atoms in total. The van der Waals surface area contributed by atoms with Crippen LogP contribution in [0.5, 0.6) is 0 Å². The van der Waals surface area contributed by atoms with Gasteiger partial charge in [-0.2, -0.15) is 0 Å². The van der Waals surface area contributed by atoms with Crippen LogP contribution in [-0.4, -0.2) is 21.1 Å². The fourth-order valence-electron chi connectivity index (χ4n) is 2.17. The highest BCUT2D eigenvalue weighted by Gasteiger charge is 2.22. The van der Waals surface area contributed by atoms with Gasteiger partial charge in [0.2, 0.25) is 5.89 Å². The van der Waals surface area contributed by atoms with Crippen molar-refractivity contribution in [3.05, 3.63) is 75.7 Å². The fourth-order valence-corrected chi connectivity index (χ4v) is 2.17. The molecule has 0 aliphatic carbocycles. The number of hydrogen-bond acceptors (Lipinski definition) is 7. The van der Waals surface area contributed by atoms with Gasteiger partial charge in [-0.05, 0) is 31.2 Å². The Morgan fingerprint density at radius 2 is 1.89 bits per heavy atom. The van der Waals surface area contributed by atoms with Gasteiger partial charge in [0.1, 0.15) is 11.6 Å². The van der Waals surface area contributed by atoms with E-state index < -0.39 is 34.2 Å². The average molecular weight is 375 g/mol. The molecule has 0 N–H and O–H groups in total. The summed E-state index contributed by atoms with van der Waals surface area (Å²) in [5.41, 5.74) is -0.0945. The summed E-state index contributed by atoms with van der Waals surface area (Å²) in [6.07, 6.45) is -0.999. The predicted octanol–water partition coefficient (Wildman–Crippen LogP) is 3.84. The molecule has 138 valence electrons. The molecular formula is C17H11F2N3O5. The van der Waals surface area contributed by atoms with Gasteiger partial charge >= 0.3 is 5.97 Å². The zero-order valence-corrected chi connectivity index (χ0v) is 13.8. The van der Waals surface area contributed by atoms with Gasteiger partial charge in [-0.15, -0.1) is 10.2 Å². The average Bonchev–Trinajstić information content (AvgIpc) is 3.12. The number of nitrogens with zero attached hydrogens (tertiary/aromatic N) is 3. The highest BCUT2D eigenvalue weighted by atomic mass is 19.1. The smallest absolute Gasteiger partial charge is 0.341 e. The molecule has 0 unspecified atom stereocenters. The zero-order valence-electron chi connectivity index (χ0n) is 13.8. The predicted molar refractivity (Wildman–Crippen MR) is 86.6 cm³/mol. The molecule has 0 saturated carbocycles. The maximum atomic E-state index is 13.6. The van der Waals surface area contributed by atoms with Crippen molar-refractivity contribution >= 4 is 11.7 Å². The number of aromatic nitrogens is 2. The molecule has 27 heavy (non-hydrogen) atoms. The van der Waals surface area contributed by atoms with Crippen LogP contribution in [-0.2, 0) is 4.74 Å². The van der Waals surface area contributed by atoms with Gasteiger partial charge in [0.05, 0.1) is 10.5 Å². The molecule has 0 amide bonds. The summed E-state index contributed by atoms with van der Waals surface area (Å²) in [4.78, 5) is 22.1. The summed E-state index contributed by atoms with van der Waals surface area (Å²) in [5.74, 6) is -2.88. The number of non-ortho nitro benzene ring substituents is 1. The van der Waals surface area contributed by atoms with E-state index in [-0.39, 0.29) is 17.5 Å². The number of benzene rings is 2. The lowest BCUT2D eigenvalue weighted by molar-refractivity contribution is -0.384. The van der Waals surface area contributed by atoms with Crippen molar-refractivity contribution < 1.29 is 27.7 Å². The molecule has 10 heteroatoms. The minimum absolute atomic E-state index is 0.0563. The van der Waals surface area contributed by atoms with Gasteiger partial charge in [-0.3, -0.25) is 10.1 Å². The number of esters is 1. The molecule has 1 atom stereocenters. The van der Waals surface area contributed by atoms with Crippen LogP contribution in [0, 0.1) is 21.7 Å². The quantitative estimate of drug-likeness (QED) is 0.379. The third-order valence-corrected chi connectivity index (χ3v) is 3.55. The van der Waals surface area contributed by atoms with E-state index in [9.17, 15) is 23.7 Å². The van der Waals surface area contributed by atoms with Crippen LogP contribution in [0.3, 0.4) is 0 Å². The lowest BCUT2D eigenvalue weighted by Gasteiger charge is -2.09. The van der Waals surface area contributed by atoms with Crippen molar-refractivity contribution in [2.45, 2.75) is 13.0 Å². The number of nitro groups is 1. The molecule has 3 rings (SSSR count). The Kier molecular flexibility index (Phi) is 4.88. The maximum Gasteiger partial charge on any atom is 0.341 e. The van der Waals surface area contributed by atoms with E-state index in [0.717, 1.165) is 12.1 Å². The van der Waals surface area contributed by atoms with E-state index in [1.807, 2.05) is 0 Å². The van der Waals surface area contributed by atoms with Crippen molar-refractivity contribution in [1.29, 1.82) is 0 Å². The van der Waals surface area contributed by atoms with E-state index in [4.69, 9.17) is 9.15 Å². The third kappa shape index (κ3) is 3.94. The van der Waals surface area contributed by atoms with Crippen molar-refractivity contribution in [3.8, 4) is 11.5 Å². The van der Waals surface area contributed by atoms with Crippen molar-refractivity contribution in [3.63, 3.8) is 0 Å². The molecule has 0 aliphatic rings. The Bertz CT molecular complexity index is 1000. The first kappa shape index (κ1) is 18.1. The number of hydrogen-bond donors (Lipinski definition) is 0. The highest BCUT2D eigenvalue weighted by molar-refractivity contribution is 5.89. The number of carbonyl (C=O) groups excluding carboxylic acids is 1. The number of ether oxygens (including phenoxy) is 1. The van der Waals surface area contributed by atoms with Crippen LogP contribution in [0.4, 0.5) is 14.5 Å². The van der Waals surface area contributed by atoms with Gasteiger partial charge in [0.25, 0.3) is 11.6 Å². The van der Waals surface area contributed by atoms with Gasteiger partial charge in [0, 0.05) is 23.8 Å². The van der Waals surface area contributed by atoms with E-state index >= 15 is 0 Å². The van der Waals surface area contributed by atoms with Crippen LogP contribution in [0.25, 0.3) is 11.5 Å². The summed E-state index contributed by atoms with van der Waals surface area (Å²) >= 11 is 0. The molecule has 1 heterocycles. The lowest BCUT2D eigenvalue weighted by atomic mass is 10.2. The summed E-state index contributed by atoms with van der Waals surface area (Å²) in [7, 11) is 0. The fraction of sp³-hybridized carbons (Fsp3) is 0.118. The Morgan fingerprint density at radius 3 is 2.52 bits per heavy atom. The van der Waals surface area contributed by atoms with E-state index in [1.54, 1.807) is 0 Å². The number of carbonyl (C=O) groups is 1. The highest BCUT2D eigenvalue weighted by Crippen LogP contribution is 2.25. The first-order chi connectivity index (χ1) is 12.8. The monoisotopic (exact) mass is 375 g/mol. The number of halogens is 2. The minimum atomic E-state index is -1.05. The number of nitro benzene ring substituents is 1. The SMILES string of the molecule is C[C@H](OC(=O)c1ccc(F)cc1F)c1nnc(-c2ccc([N+](=O)[O-])cc2)o1. The third-order valence-electron chi connectivity index (χ3n) is 3.55. The molecule has 0 saturated heterocycles. The Balaban J connectivity index is 1.73. The molecule has 0 bridgehead atoms. The van der Waals surface area contributed by atoms with Crippen LogP contribution < -0.4 is 0 Å². The van der Waals surface area contributed by atoms with Gasteiger partial charge in [-0.25, -0.2) is 13.6 Å². The maximum absolute atomic E-state index is 13.6. The van der Waals surface area contributed by atoms with Crippen LogP contribution >= 0.6 is 0 Å². The molecule has 1 aromatic heterocycles. The second-order valence-corrected chi connectivity index (χ2v) is 5.42. The first-order valence-electron chi connectivity index (χ1n) is 7.59. The minimum Gasteiger partial charge on any atom is -0.449 e. The molecule has 0 aliphatic heterocycles. The Hall–Kier alpha value is -3.69. The van der Waals surface area contributed by atoms with Gasteiger partial charge in [0.15, 0.2) is 6.10 Å². The van der Waals surface area contributed by atoms with Crippen LogP contribution in [0.15, 0.2) is 46.9 Å². The largest absolute Gasteiger partial charge is 0.449 e.